The van der Waals surface area contributed by atoms with Gasteiger partial charge in [0.05, 0.1) is 11.0 Å². The van der Waals surface area contributed by atoms with Gasteiger partial charge in [-0.3, -0.25) is 9.59 Å². The first-order valence-electron chi connectivity index (χ1n) is 8.85. The quantitative estimate of drug-likeness (QED) is 0.549. The molecule has 0 unspecified atom stereocenters. The van der Waals surface area contributed by atoms with Gasteiger partial charge < -0.3 is 14.1 Å². The van der Waals surface area contributed by atoms with Crippen LogP contribution in [0.4, 0.5) is 4.39 Å². The summed E-state index contributed by atoms with van der Waals surface area (Å²) < 4.78 is 20.5. The number of halogens is 1. The van der Waals surface area contributed by atoms with E-state index in [1.54, 1.807) is 37.3 Å². The molecule has 0 amide bonds. The maximum absolute atomic E-state index is 13.8. The van der Waals surface area contributed by atoms with Gasteiger partial charge in [-0.15, -0.1) is 0 Å². The van der Waals surface area contributed by atoms with E-state index in [-0.39, 0.29) is 11.7 Å². The van der Waals surface area contributed by atoms with Gasteiger partial charge in [0.15, 0.2) is 0 Å². The van der Waals surface area contributed by atoms with Crippen LogP contribution in [0, 0.1) is 12.7 Å². The molecule has 0 aliphatic carbocycles. The number of aromatic amines is 1. The minimum Gasteiger partial charge on any atom is -0.334 e. The fraction of sp³-hybridized carbons (Fsp3) is 0.200. The van der Waals surface area contributed by atoms with Gasteiger partial charge in [0.25, 0.3) is 5.89 Å². The van der Waals surface area contributed by atoms with Crippen LogP contribution in [0.15, 0.2) is 50.5 Å². The van der Waals surface area contributed by atoms with Crippen molar-refractivity contribution in [2.75, 3.05) is 0 Å². The zero-order chi connectivity index (χ0) is 19.8. The van der Waals surface area contributed by atoms with Crippen molar-refractivity contribution >= 4 is 11.0 Å². The lowest BCUT2D eigenvalue weighted by Gasteiger charge is -2.08. The molecule has 2 aromatic carbocycles. The van der Waals surface area contributed by atoms with Crippen LogP contribution < -0.4 is 11.1 Å². The highest BCUT2D eigenvalue weighted by Crippen LogP contribution is 2.25. The average molecular weight is 380 g/mol. The summed E-state index contributed by atoms with van der Waals surface area (Å²) >= 11 is 0. The molecule has 0 bridgehead atoms. The smallest absolute Gasteiger partial charge is 0.316 e. The van der Waals surface area contributed by atoms with Crippen LogP contribution in [-0.2, 0) is 6.54 Å². The fourth-order valence-corrected chi connectivity index (χ4v) is 3.05. The fourth-order valence-electron chi connectivity index (χ4n) is 3.05. The van der Waals surface area contributed by atoms with E-state index < -0.39 is 11.1 Å². The number of aromatic nitrogens is 4. The van der Waals surface area contributed by atoms with Crippen molar-refractivity contribution in [1.29, 1.82) is 0 Å². The minimum atomic E-state index is -0.679. The molecule has 28 heavy (non-hydrogen) atoms. The van der Waals surface area contributed by atoms with Gasteiger partial charge in [-0.05, 0) is 49.2 Å². The molecule has 0 radical (unpaired) electrons. The van der Waals surface area contributed by atoms with Crippen molar-refractivity contribution in [1.82, 2.24) is 19.7 Å². The number of hydrogen-bond acceptors (Lipinski definition) is 5. The molecule has 0 spiro atoms. The molecule has 0 aliphatic heterocycles. The lowest BCUT2D eigenvalue weighted by Crippen LogP contribution is -2.36. The predicted molar refractivity (Wildman–Crippen MR) is 103 cm³/mol. The Morgan fingerprint density at radius 2 is 1.93 bits per heavy atom. The number of H-pyrrole nitrogens is 1. The highest BCUT2D eigenvalue weighted by atomic mass is 19.1. The molecule has 0 aliphatic rings. The molecule has 2 heterocycles. The maximum Gasteiger partial charge on any atom is 0.316 e. The molecule has 8 heteroatoms. The molecule has 4 rings (SSSR count). The predicted octanol–water partition coefficient (Wildman–Crippen LogP) is 3.26. The van der Waals surface area contributed by atoms with E-state index in [9.17, 15) is 14.0 Å². The Labute approximate surface area is 158 Å². The van der Waals surface area contributed by atoms with Crippen molar-refractivity contribution < 1.29 is 8.91 Å². The third kappa shape index (κ3) is 3.02. The number of benzene rings is 2. The Morgan fingerprint density at radius 1 is 1.14 bits per heavy atom. The second-order valence-corrected chi connectivity index (χ2v) is 6.53. The van der Waals surface area contributed by atoms with Crippen LogP contribution in [0.5, 0.6) is 0 Å². The molecule has 0 saturated heterocycles. The highest BCUT2D eigenvalue weighted by Gasteiger charge is 2.14. The Morgan fingerprint density at radius 3 is 2.68 bits per heavy atom. The van der Waals surface area contributed by atoms with Gasteiger partial charge in [0.2, 0.25) is 5.82 Å². The first-order valence-corrected chi connectivity index (χ1v) is 8.85. The summed E-state index contributed by atoms with van der Waals surface area (Å²) in [4.78, 5) is 31.0. The van der Waals surface area contributed by atoms with Gasteiger partial charge in [0.1, 0.15) is 5.82 Å². The summed E-state index contributed by atoms with van der Waals surface area (Å²) in [6.45, 7) is 4.05. The van der Waals surface area contributed by atoms with E-state index in [0.29, 0.717) is 40.1 Å². The highest BCUT2D eigenvalue weighted by molar-refractivity contribution is 5.80. The number of rotatable bonds is 4. The van der Waals surface area contributed by atoms with E-state index >= 15 is 0 Å². The number of nitrogens with zero attached hydrogens (tertiary/aromatic N) is 3. The Hall–Kier alpha value is -3.55. The molecule has 2 aromatic heterocycles. The molecule has 142 valence electrons. The lowest BCUT2D eigenvalue weighted by molar-refractivity contribution is 0.432. The summed E-state index contributed by atoms with van der Waals surface area (Å²) in [6, 6.07) is 9.86. The number of hydrogen-bond donors (Lipinski definition) is 1. The zero-order valence-corrected chi connectivity index (χ0v) is 15.3. The average Bonchev–Trinajstić information content (AvgIpc) is 3.17. The van der Waals surface area contributed by atoms with Gasteiger partial charge in [-0.2, -0.15) is 4.98 Å². The standard InChI is InChI=1S/C20H17FN4O3/c1-3-8-25-16-7-6-12(10-15(16)22-18(26)20(25)27)17-23-19(28-24-17)13-5-4-11(2)14(21)9-13/h4-7,9-10H,3,8H2,1-2H3,(H,22,26). The van der Waals surface area contributed by atoms with E-state index in [2.05, 4.69) is 15.1 Å². The second-order valence-electron chi connectivity index (χ2n) is 6.53. The van der Waals surface area contributed by atoms with E-state index in [1.165, 1.54) is 10.6 Å². The van der Waals surface area contributed by atoms with Crippen molar-refractivity contribution in [3.05, 3.63) is 68.5 Å². The van der Waals surface area contributed by atoms with Crippen molar-refractivity contribution in [3.63, 3.8) is 0 Å². The summed E-state index contributed by atoms with van der Waals surface area (Å²) in [7, 11) is 0. The summed E-state index contributed by atoms with van der Waals surface area (Å²) in [5.41, 5.74) is 1.48. The van der Waals surface area contributed by atoms with Gasteiger partial charge in [0, 0.05) is 17.7 Å². The van der Waals surface area contributed by atoms with E-state index in [4.69, 9.17) is 4.52 Å². The van der Waals surface area contributed by atoms with Crippen LogP contribution in [0.3, 0.4) is 0 Å². The maximum atomic E-state index is 13.8. The van der Waals surface area contributed by atoms with Crippen molar-refractivity contribution in [2.24, 2.45) is 0 Å². The normalized spacial score (nSPS) is 11.2. The van der Waals surface area contributed by atoms with Crippen LogP contribution in [-0.4, -0.2) is 19.7 Å². The zero-order valence-electron chi connectivity index (χ0n) is 15.3. The van der Waals surface area contributed by atoms with Crippen molar-refractivity contribution in [2.45, 2.75) is 26.8 Å². The Bertz CT molecular complexity index is 1300. The monoisotopic (exact) mass is 380 g/mol. The molecule has 4 aromatic rings. The molecule has 0 fully saturated rings. The third-order valence-corrected chi connectivity index (χ3v) is 4.53. The van der Waals surface area contributed by atoms with Gasteiger partial charge >= 0.3 is 11.1 Å². The number of aryl methyl sites for hydroxylation is 2. The second kappa shape index (κ2) is 6.88. The molecule has 1 N–H and O–H groups in total. The summed E-state index contributed by atoms with van der Waals surface area (Å²) in [6.07, 6.45) is 0.724. The SMILES string of the molecule is CCCn1c(=O)c(=O)[nH]c2cc(-c3noc(-c4ccc(C)c(F)c4)n3)ccc21. The number of nitrogens with one attached hydrogen (secondary N) is 1. The lowest BCUT2D eigenvalue weighted by atomic mass is 10.1. The van der Waals surface area contributed by atoms with Gasteiger partial charge in [-0.25, -0.2) is 4.39 Å². The molecule has 0 atom stereocenters. The summed E-state index contributed by atoms with van der Waals surface area (Å²) in [5.74, 6) is 0.139. The van der Waals surface area contributed by atoms with Crippen LogP contribution in [0.2, 0.25) is 0 Å². The Balaban J connectivity index is 1.79. The van der Waals surface area contributed by atoms with E-state index in [0.717, 1.165) is 6.42 Å². The minimum absolute atomic E-state index is 0.193. The summed E-state index contributed by atoms with van der Waals surface area (Å²) in [5, 5.41) is 3.95. The number of fused-ring (bicyclic) bond motifs is 1. The first-order chi connectivity index (χ1) is 13.5. The molecular weight excluding hydrogens is 363 g/mol. The molecule has 7 nitrogen and oxygen atoms in total. The first kappa shape index (κ1) is 17.8. The Kier molecular flexibility index (Phi) is 4.38. The molecular formula is C20H17FN4O3. The van der Waals surface area contributed by atoms with Crippen molar-refractivity contribution in [3.8, 4) is 22.8 Å². The largest absolute Gasteiger partial charge is 0.334 e. The van der Waals surface area contributed by atoms with Crippen LogP contribution in [0.25, 0.3) is 33.9 Å². The molecule has 0 saturated carbocycles. The van der Waals surface area contributed by atoms with Gasteiger partial charge in [-0.1, -0.05) is 18.1 Å². The van der Waals surface area contributed by atoms with E-state index in [1.807, 2.05) is 6.92 Å². The van der Waals surface area contributed by atoms with Crippen LogP contribution in [0.1, 0.15) is 18.9 Å². The topological polar surface area (TPSA) is 93.8 Å². The third-order valence-electron chi connectivity index (χ3n) is 4.53. The van der Waals surface area contributed by atoms with Crippen LogP contribution >= 0.6 is 0 Å².